The minimum absolute atomic E-state index is 0.00580. The number of nitrogens with one attached hydrogen (secondary N) is 1. The van der Waals surface area contributed by atoms with Gasteiger partial charge < -0.3 is 15.3 Å². The molecule has 1 aliphatic rings. The lowest BCUT2D eigenvalue weighted by atomic mass is 10.1. The number of amides is 1. The quantitative estimate of drug-likeness (QED) is 0.872. The van der Waals surface area contributed by atoms with Crippen molar-refractivity contribution in [2.45, 2.75) is 25.4 Å². The van der Waals surface area contributed by atoms with Gasteiger partial charge in [0, 0.05) is 19.2 Å². The van der Waals surface area contributed by atoms with Gasteiger partial charge in [-0.05, 0) is 25.5 Å². The summed E-state index contributed by atoms with van der Waals surface area (Å²) in [6.07, 6.45) is 0.423. The van der Waals surface area contributed by atoms with Crippen LogP contribution in [0.5, 0.6) is 0 Å². The van der Waals surface area contributed by atoms with E-state index in [1.54, 1.807) is 11.0 Å². The van der Waals surface area contributed by atoms with Gasteiger partial charge in [-0.2, -0.15) is 0 Å². The molecule has 1 aromatic carbocycles. The van der Waals surface area contributed by atoms with Crippen LogP contribution in [0.3, 0.4) is 0 Å². The topological polar surface area (TPSA) is 52.6 Å². The first-order chi connectivity index (χ1) is 8.65. The summed E-state index contributed by atoms with van der Waals surface area (Å²) in [5, 5.41) is 12.7. The van der Waals surface area contributed by atoms with Gasteiger partial charge in [0.05, 0.1) is 16.8 Å². The molecule has 18 heavy (non-hydrogen) atoms. The number of halogens is 1. The Labute approximate surface area is 112 Å². The van der Waals surface area contributed by atoms with Gasteiger partial charge in [-0.25, -0.2) is 0 Å². The molecule has 0 spiro atoms. The van der Waals surface area contributed by atoms with Crippen LogP contribution in [0.15, 0.2) is 24.3 Å². The highest BCUT2D eigenvalue weighted by atomic mass is 35.5. The van der Waals surface area contributed by atoms with E-state index >= 15 is 0 Å². The molecule has 0 aromatic heterocycles. The number of para-hydroxylation sites is 1. The Morgan fingerprint density at radius 1 is 1.50 bits per heavy atom. The number of rotatable bonds is 3. The van der Waals surface area contributed by atoms with E-state index in [1.807, 2.05) is 25.1 Å². The fourth-order valence-electron chi connectivity index (χ4n) is 2.23. The lowest BCUT2D eigenvalue weighted by Gasteiger charge is -2.38. The second-order valence-electron chi connectivity index (χ2n) is 4.48. The van der Waals surface area contributed by atoms with Crippen LogP contribution in [0, 0.1) is 0 Å². The third-order valence-corrected chi connectivity index (χ3v) is 3.49. The monoisotopic (exact) mass is 268 g/mol. The number of nitrogens with zero attached hydrogens (tertiary/aromatic N) is 1. The van der Waals surface area contributed by atoms with E-state index in [4.69, 9.17) is 16.7 Å². The highest BCUT2D eigenvalue weighted by Crippen LogP contribution is 2.29. The minimum atomic E-state index is -0.331. The number of hydrogen-bond donors (Lipinski definition) is 2. The molecule has 1 heterocycles. The molecular formula is C13H17ClN2O2. The van der Waals surface area contributed by atoms with Crippen LogP contribution in [0.2, 0.25) is 5.02 Å². The largest absolute Gasteiger partial charge is 0.396 e. The number of hydrogen-bond acceptors (Lipinski definition) is 3. The summed E-state index contributed by atoms with van der Waals surface area (Å²) >= 11 is 6.15. The van der Waals surface area contributed by atoms with E-state index in [2.05, 4.69) is 5.32 Å². The smallest absolute Gasteiger partial charge is 0.244 e. The molecule has 2 rings (SSSR count). The normalized spacial score (nSPS) is 24.4. The molecule has 1 amide bonds. The van der Waals surface area contributed by atoms with Crippen molar-refractivity contribution < 1.29 is 9.90 Å². The summed E-state index contributed by atoms with van der Waals surface area (Å²) in [5.41, 5.74) is 0.737. The number of aliphatic hydroxyl groups excluding tert-OH is 1. The van der Waals surface area contributed by atoms with Gasteiger partial charge in [-0.15, -0.1) is 0 Å². The SMILES string of the molecule is CC1CNC(CCO)C(=O)N1c1ccccc1Cl. The van der Waals surface area contributed by atoms with Crippen LogP contribution >= 0.6 is 11.6 Å². The van der Waals surface area contributed by atoms with Gasteiger partial charge in [0.25, 0.3) is 0 Å². The van der Waals surface area contributed by atoms with Gasteiger partial charge in [-0.3, -0.25) is 4.79 Å². The summed E-state index contributed by atoms with van der Waals surface area (Å²) < 4.78 is 0. The highest BCUT2D eigenvalue weighted by Gasteiger charge is 2.34. The molecule has 1 aromatic rings. The molecule has 0 aliphatic carbocycles. The standard InChI is InChI=1S/C13H17ClN2O2/c1-9-8-15-11(6-7-17)13(18)16(9)12-5-3-2-4-10(12)14/h2-5,9,11,15,17H,6-8H2,1H3. The first-order valence-corrected chi connectivity index (χ1v) is 6.44. The molecule has 4 nitrogen and oxygen atoms in total. The number of carbonyl (C=O) groups excluding carboxylic acids is 1. The Hall–Kier alpha value is -1.10. The summed E-state index contributed by atoms with van der Waals surface area (Å²) in [6, 6.07) is 7.05. The van der Waals surface area contributed by atoms with Gasteiger partial charge in [0.15, 0.2) is 0 Å². The summed E-state index contributed by atoms with van der Waals surface area (Å²) in [5.74, 6) is -0.0316. The van der Waals surface area contributed by atoms with E-state index in [0.717, 1.165) is 5.69 Å². The van der Waals surface area contributed by atoms with Crippen molar-refractivity contribution in [3.8, 4) is 0 Å². The first-order valence-electron chi connectivity index (χ1n) is 6.07. The van der Waals surface area contributed by atoms with Gasteiger partial charge in [-0.1, -0.05) is 23.7 Å². The van der Waals surface area contributed by atoms with E-state index < -0.39 is 0 Å². The van der Waals surface area contributed by atoms with Crippen LogP contribution < -0.4 is 10.2 Å². The Bertz CT molecular complexity index is 439. The molecule has 0 saturated carbocycles. The summed E-state index contributed by atoms with van der Waals surface area (Å²) in [4.78, 5) is 14.1. The maximum atomic E-state index is 12.4. The molecule has 0 radical (unpaired) electrons. The molecule has 2 unspecified atom stereocenters. The van der Waals surface area contributed by atoms with Gasteiger partial charge >= 0.3 is 0 Å². The fourth-order valence-corrected chi connectivity index (χ4v) is 2.46. The molecule has 1 aliphatic heterocycles. The Balaban J connectivity index is 2.29. The van der Waals surface area contributed by atoms with Crippen molar-refractivity contribution in [1.29, 1.82) is 0 Å². The first kappa shape index (κ1) is 13.3. The van der Waals surface area contributed by atoms with Crippen LogP contribution in [0.25, 0.3) is 0 Å². The van der Waals surface area contributed by atoms with Crippen LogP contribution in [-0.2, 0) is 4.79 Å². The van der Waals surface area contributed by atoms with Crippen molar-refractivity contribution in [1.82, 2.24) is 5.32 Å². The predicted octanol–water partition coefficient (Wildman–Crippen LogP) is 1.42. The minimum Gasteiger partial charge on any atom is -0.396 e. The highest BCUT2D eigenvalue weighted by molar-refractivity contribution is 6.33. The maximum Gasteiger partial charge on any atom is 0.244 e. The Morgan fingerprint density at radius 2 is 2.22 bits per heavy atom. The number of benzene rings is 1. The summed E-state index contributed by atoms with van der Waals surface area (Å²) in [7, 11) is 0. The van der Waals surface area contributed by atoms with Crippen LogP contribution in [-0.4, -0.2) is 36.2 Å². The van der Waals surface area contributed by atoms with Gasteiger partial charge in [0.2, 0.25) is 5.91 Å². The second-order valence-corrected chi connectivity index (χ2v) is 4.89. The zero-order valence-electron chi connectivity index (χ0n) is 10.3. The third kappa shape index (κ3) is 2.51. The lowest BCUT2D eigenvalue weighted by Crippen LogP contribution is -2.59. The average molecular weight is 269 g/mol. The van der Waals surface area contributed by atoms with Crippen molar-refractivity contribution >= 4 is 23.2 Å². The number of piperazine rings is 1. The van der Waals surface area contributed by atoms with Crippen molar-refractivity contribution in [2.75, 3.05) is 18.1 Å². The molecule has 1 fully saturated rings. The van der Waals surface area contributed by atoms with E-state index in [-0.39, 0.29) is 24.6 Å². The predicted molar refractivity (Wildman–Crippen MR) is 71.9 cm³/mol. The number of aliphatic hydroxyl groups is 1. The average Bonchev–Trinajstić information content (AvgIpc) is 2.35. The molecule has 98 valence electrons. The van der Waals surface area contributed by atoms with Crippen molar-refractivity contribution in [3.05, 3.63) is 29.3 Å². The maximum absolute atomic E-state index is 12.4. The molecular weight excluding hydrogens is 252 g/mol. The fraction of sp³-hybridized carbons (Fsp3) is 0.462. The zero-order chi connectivity index (χ0) is 13.1. The molecule has 1 saturated heterocycles. The van der Waals surface area contributed by atoms with Crippen molar-refractivity contribution in [3.63, 3.8) is 0 Å². The Kier molecular flexibility index (Phi) is 4.22. The van der Waals surface area contributed by atoms with Crippen molar-refractivity contribution in [2.24, 2.45) is 0 Å². The Morgan fingerprint density at radius 3 is 2.89 bits per heavy atom. The molecule has 2 atom stereocenters. The molecule has 0 bridgehead atoms. The molecule has 5 heteroatoms. The zero-order valence-corrected chi connectivity index (χ0v) is 11.0. The van der Waals surface area contributed by atoms with Crippen LogP contribution in [0.4, 0.5) is 5.69 Å². The second kappa shape index (κ2) is 5.69. The van der Waals surface area contributed by atoms with Gasteiger partial charge in [0.1, 0.15) is 0 Å². The third-order valence-electron chi connectivity index (χ3n) is 3.17. The van der Waals surface area contributed by atoms with E-state index in [0.29, 0.717) is 18.0 Å². The van der Waals surface area contributed by atoms with E-state index in [1.165, 1.54) is 0 Å². The number of carbonyl (C=O) groups is 1. The van der Waals surface area contributed by atoms with E-state index in [9.17, 15) is 4.79 Å². The summed E-state index contributed by atoms with van der Waals surface area (Å²) in [6.45, 7) is 2.67. The lowest BCUT2D eigenvalue weighted by molar-refractivity contribution is -0.122. The molecule has 2 N–H and O–H groups in total. The number of anilines is 1. The van der Waals surface area contributed by atoms with Crippen LogP contribution in [0.1, 0.15) is 13.3 Å².